The van der Waals surface area contributed by atoms with E-state index in [1.807, 2.05) is 18.2 Å². The standard InChI is InChI=1S/C15H15N3O4S/c19-14(17-18-15(20)11-2-1-5-16-11)9-23-10-3-4-12-13(8-10)22-7-6-21-12/h1-5,8,16H,6-7,9H2,(H,17,19)(H,18,20). The smallest absolute Gasteiger partial charge is 0.286 e. The summed E-state index contributed by atoms with van der Waals surface area (Å²) in [5.41, 5.74) is 5.09. The second-order valence-electron chi connectivity index (χ2n) is 4.68. The van der Waals surface area contributed by atoms with Gasteiger partial charge < -0.3 is 14.5 Å². The van der Waals surface area contributed by atoms with Gasteiger partial charge in [-0.25, -0.2) is 0 Å². The summed E-state index contributed by atoms with van der Waals surface area (Å²) in [6, 6.07) is 8.84. The van der Waals surface area contributed by atoms with Crippen molar-refractivity contribution in [3.8, 4) is 11.5 Å². The first-order chi connectivity index (χ1) is 11.2. The van der Waals surface area contributed by atoms with Crippen molar-refractivity contribution in [2.45, 2.75) is 4.90 Å². The van der Waals surface area contributed by atoms with Gasteiger partial charge in [0.25, 0.3) is 5.91 Å². The normalized spacial score (nSPS) is 12.5. The highest BCUT2D eigenvalue weighted by atomic mass is 32.2. The molecule has 0 fully saturated rings. The summed E-state index contributed by atoms with van der Waals surface area (Å²) in [6.07, 6.45) is 1.63. The molecule has 0 aliphatic carbocycles. The minimum Gasteiger partial charge on any atom is -0.486 e. The summed E-state index contributed by atoms with van der Waals surface area (Å²) in [5.74, 6) is 0.868. The molecule has 7 nitrogen and oxygen atoms in total. The first kappa shape index (κ1) is 15.3. The number of hydrogen-bond acceptors (Lipinski definition) is 5. The topological polar surface area (TPSA) is 92.4 Å². The van der Waals surface area contributed by atoms with Gasteiger partial charge in [0.15, 0.2) is 11.5 Å². The zero-order valence-electron chi connectivity index (χ0n) is 12.1. The molecular formula is C15H15N3O4S. The van der Waals surface area contributed by atoms with Gasteiger partial charge in [0.2, 0.25) is 5.91 Å². The van der Waals surface area contributed by atoms with E-state index in [2.05, 4.69) is 15.8 Å². The maximum atomic E-state index is 11.8. The lowest BCUT2D eigenvalue weighted by molar-refractivity contribution is -0.119. The van der Waals surface area contributed by atoms with Crippen LogP contribution >= 0.6 is 11.8 Å². The number of thioether (sulfide) groups is 1. The van der Waals surface area contributed by atoms with Crippen LogP contribution in [-0.4, -0.2) is 35.8 Å². The molecule has 120 valence electrons. The Kier molecular flexibility index (Phi) is 4.72. The Morgan fingerprint density at radius 2 is 1.96 bits per heavy atom. The molecule has 0 saturated carbocycles. The fraction of sp³-hybridized carbons (Fsp3) is 0.200. The van der Waals surface area contributed by atoms with Crippen molar-refractivity contribution in [2.75, 3.05) is 19.0 Å². The van der Waals surface area contributed by atoms with Crippen LogP contribution in [0.25, 0.3) is 0 Å². The highest BCUT2D eigenvalue weighted by molar-refractivity contribution is 8.00. The molecule has 0 spiro atoms. The Labute approximate surface area is 136 Å². The average Bonchev–Trinajstić information content (AvgIpc) is 3.12. The Morgan fingerprint density at radius 1 is 1.13 bits per heavy atom. The number of rotatable bonds is 4. The van der Waals surface area contributed by atoms with Crippen molar-refractivity contribution in [1.82, 2.24) is 15.8 Å². The molecule has 0 bridgehead atoms. The number of carbonyl (C=O) groups is 2. The highest BCUT2D eigenvalue weighted by Crippen LogP contribution is 2.33. The van der Waals surface area contributed by atoms with Crippen LogP contribution in [0.3, 0.4) is 0 Å². The van der Waals surface area contributed by atoms with Gasteiger partial charge in [-0.2, -0.15) is 0 Å². The van der Waals surface area contributed by atoms with E-state index in [9.17, 15) is 9.59 Å². The Balaban J connectivity index is 1.46. The number of carbonyl (C=O) groups excluding carboxylic acids is 2. The van der Waals surface area contributed by atoms with Crippen LogP contribution in [0.15, 0.2) is 41.4 Å². The molecule has 23 heavy (non-hydrogen) atoms. The third-order valence-corrected chi connectivity index (χ3v) is 4.04. The van der Waals surface area contributed by atoms with E-state index in [1.54, 1.807) is 18.3 Å². The Hall–Kier alpha value is -2.61. The molecule has 2 amide bonds. The molecular weight excluding hydrogens is 318 g/mol. The zero-order chi connectivity index (χ0) is 16.1. The summed E-state index contributed by atoms with van der Waals surface area (Å²) in [7, 11) is 0. The third-order valence-electron chi connectivity index (χ3n) is 3.04. The predicted molar refractivity (Wildman–Crippen MR) is 84.6 cm³/mol. The van der Waals surface area contributed by atoms with E-state index >= 15 is 0 Å². The van der Waals surface area contributed by atoms with Crippen LogP contribution in [0, 0.1) is 0 Å². The van der Waals surface area contributed by atoms with Crippen molar-refractivity contribution in [3.05, 3.63) is 42.2 Å². The van der Waals surface area contributed by atoms with Crippen molar-refractivity contribution in [1.29, 1.82) is 0 Å². The predicted octanol–water partition coefficient (Wildman–Crippen LogP) is 1.34. The largest absolute Gasteiger partial charge is 0.486 e. The third kappa shape index (κ3) is 3.98. The number of benzene rings is 1. The van der Waals surface area contributed by atoms with Crippen molar-refractivity contribution in [2.24, 2.45) is 0 Å². The van der Waals surface area contributed by atoms with Crippen LogP contribution in [0.1, 0.15) is 10.5 Å². The number of nitrogens with one attached hydrogen (secondary N) is 3. The van der Waals surface area contributed by atoms with Crippen molar-refractivity contribution >= 4 is 23.6 Å². The number of H-pyrrole nitrogens is 1. The SMILES string of the molecule is O=C(CSc1ccc2c(c1)OCCO2)NNC(=O)c1ccc[nH]1. The van der Waals surface area contributed by atoms with Crippen LogP contribution in [0.5, 0.6) is 11.5 Å². The van der Waals surface area contributed by atoms with E-state index in [4.69, 9.17) is 9.47 Å². The number of ether oxygens (including phenoxy) is 2. The minimum absolute atomic E-state index is 0.171. The number of aromatic nitrogens is 1. The van der Waals surface area contributed by atoms with Crippen molar-refractivity contribution < 1.29 is 19.1 Å². The molecule has 8 heteroatoms. The summed E-state index contributed by atoms with van der Waals surface area (Å²) >= 11 is 1.34. The van der Waals surface area contributed by atoms with Crippen LogP contribution in [0.4, 0.5) is 0 Å². The molecule has 1 aliphatic rings. The zero-order valence-corrected chi connectivity index (χ0v) is 12.9. The average molecular weight is 333 g/mol. The van der Waals surface area contributed by atoms with E-state index in [0.717, 1.165) is 4.90 Å². The Bertz CT molecular complexity index is 703. The summed E-state index contributed by atoms with van der Waals surface area (Å²) in [6.45, 7) is 1.06. The summed E-state index contributed by atoms with van der Waals surface area (Å²) in [5, 5.41) is 0. The quantitative estimate of drug-likeness (QED) is 0.580. The highest BCUT2D eigenvalue weighted by Gasteiger charge is 2.13. The molecule has 2 heterocycles. The monoisotopic (exact) mass is 333 g/mol. The first-order valence-corrected chi connectivity index (χ1v) is 7.96. The lowest BCUT2D eigenvalue weighted by Gasteiger charge is -2.18. The van der Waals surface area contributed by atoms with E-state index in [-0.39, 0.29) is 11.7 Å². The van der Waals surface area contributed by atoms with Crippen LogP contribution < -0.4 is 20.3 Å². The Morgan fingerprint density at radius 3 is 2.74 bits per heavy atom. The first-order valence-electron chi connectivity index (χ1n) is 6.97. The lowest BCUT2D eigenvalue weighted by atomic mass is 10.3. The van der Waals surface area contributed by atoms with Gasteiger partial charge in [-0.15, -0.1) is 11.8 Å². The molecule has 1 aliphatic heterocycles. The second kappa shape index (κ2) is 7.10. The van der Waals surface area contributed by atoms with E-state index in [0.29, 0.717) is 30.4 Å². The van der Waals surface area contributed by atoms with Gasteiger partial charge in [-0.1, -0.05) is 0 Å². The van der Waals surface area contributed by atoms with Gasteiger partial charge in [-0.05, 0) is 30.3 Å². The van der Waals surface area contributed by atoms with Gasteiger partial charge in [0, 0.05) is 11.1 Å². The van der Waals surface area contributed by atoms with Crippen LogP contribution in [0.2, 0.25) is 0 Å². The number of amides is 2. The van der Waals surface area contributed by atoms with Gasteiger partial charge in [0.1, 0.15) is 18.9 Å². The summed E-state index contributed by atoms with van der Waals surface area (Å²) in [4.78, 5) is 27.1. The summed E-state index contributed by atoms with van der Waals surface area (Å²) < 4.78 is 10.9. The van der Waals surface area contributed by atoms with Gasteiger partial charge in [0.05, 0.1) is 5.75 Å². The molecule has 3 rings (SSSR count). The molecule has 0 radical (unpaired) electrons. The number of hydrazine groups is 1. The minimum atomic E-state index is -0.396. The fourth-order valence-corrected chi connectivity index (χ4v) is 2.69. The van der Waals surface area contributed by atoms with E-state index in [1.165, 1.54) is 11.8 Å². The molecule has 1 aromatic carbocycles. The number of aromatic amines is 1. The van der Waals surface area contributed by atoms with Crippen molar-refractivity contribution in [3.63, 3.8) is 0 Å². The maximum Gasteiger partial charge on any atom is 0.286 e. The maximum absolute atomic E-state index is 11.8. The lowest BCUT2D eigenvalue weighted by Crippen LogP contribution is -2.42. The van der Waals surface area contributed by atoms with Crippen LogP contribution in [-0.2, 0) is 4.79 Å². The molecule has 0 saturated heterocycles. The molecule has 0 unspecified atom stereocenters. The van der Waals surface area contributed by atoms with Gasteiger partial charge in [-0.3, -0.25) is 20.4 Å². The molecule has 1 aromatic heterocycles. The number of fused-ring (bicyclic) bond motifs is 1. The molecule has 3 N–H and O–H groups in total. The molecule has 2 aromatic rings. The van der Waals surface area contributed by atoms with Gasteiger partial charge >= 0.3 is 0 Å². The second-order valence-corrected chi connectivity index (χ2v) is 5.73. The molecule has 0 atom stereocenters. The number of hydrogen-bond donors (Lipinski definition) is 3. The van der Waals surface area contributed by atoms with E-state index < -0.39 is 5.91 Å². The fourth-order valence-electron chi connectivity index (χ4n) is 1.96.